The molecule has 2 aliphatic heterocycles. The number of benzene rings is 2. The lowest BCUT2D eigenvalue weighted by molar-refractivity contribution is -0.131. The molecule has 1 saturated heterocycles. The Morgan fingerprint density at radius 2 is 1.91 bits per heavy atom. The van der Waals surface area contributed by atoms with Gasteiger partial charge in [-0.05, 0) is 43.5 Å². The molecular formula is C25H31N3O5S. The highest BCUT2D eigenvalue weighted by Gasteiger charge is 2.30. The summed E-state index contributed by atoms with van der Waals surface area (Å²) >= 11 is 0. The molecule has 0 aromatic heterocycles. The third-order valence-electron chi connectivity index (χ3n) is 6.50. The molecule has 2 aromatic carbocycles. The van der Waals surface area contributed by atoms with Crippen molar-refractivity contribution < 1.29 is 23.1 Å². The molecule has 9 heteroatoms. The number of aliphatic hydroxyl groups excluding tert-OH is 1. The summed E-state index contributed by atoms with van der Waals surface area (Å²) in [5, 5.41) is 12.6. The molecule has 2 amide bonds. The number of likely N-dealkylation sites (N-methyl/N-ethyl adjacent to an activating group) is 1. The maximum Gasteiger partial charge on any atom is 0.239 e. The molecule has 2 aliphatic rings. The lowest BCUT2D eigenvalue weighted by Crippen LogP contribution is -2.39. The van der Waals surface area contributed by atoms with Gasteiger partial charge in [-0.25, -0.2) is 8.42 Å². The summed E-state index contributed by atoms with van der Waals surface area (Å²) in [4.78, 5) is 29.1. The van der Waals surface area contributed by atoms with Crippen LogP contribution in [-0.4, -0.2) is 73.7 Å². The van der Waals surface area contributed by atoms with E-state index in [1.54, 1.807) is 24.1 Å². The Morgan fingerprint density at radius 1 is 1.21 bits per heavy atom. The summed E-state index contributed by atoms with van der Waals surface area (Å²) in [5.74, 6) is -1.26. The summed E-state index contributed by atoms with van der Waals surface area (Å²) < 4.78 is 24.5. The van der Waals surface area contributed by atoms with Crippen molar-refractivity contribution in [2.75, 3.05) is 37.8 Å². The van der Waals surface area contributed by atoms with Gasteiger partial charge in [-0.3, -0.25) is 14.5 Å². The molecule has 182 valence electrons. The number of hydrogen-bond donors (Lipinski definition) is 2. The first-order valence-corrected chi connectivity index (χ1v) is 13.1. The van der Waals surface area contributed by atoms with Crippen LogP contribution in [0.15, 0.2) is 41.3 Å². The number of amides is 2. The van der Waals surface area contributed by atoms with Crippen LogP contribution in [0.25, 0.3) is 0 Å². The van der Waals surface area contributed by atoms with Crippen molar-refractivity contribution in [1.29, 1.82) is 0 Å². The summed E-state index contributed by atoms with van der Waals surface area (Å²) in [5.41, 5.74) is 4.13. The number of hydrogen-bond acceptors (Lipinski definition) is 6. The number of nitrogens with zero attached hydrogens (tertiary/aromatic N) is 2. The smallest absolute Gasteiger partial charge is 0.239 e. The zero-order chi connectivity index (χ0) is 24.6. The second-order valence-electron chi connectivity index (χ2n) is 9.46. The monoisotopic (exact) mass is 485 g/mol. The maximum atomic E-state index is 13.3. The van der Waals surface area contributed by atoms with Gasteiger partial charge >= 0.3 is 0 Å². The van der Waals surface area contributed by atoms with Crippen LogP contribution < -0.4 is 5.32 Å². The number of anilines is 1. The Hall–Kier alpha value is -2.75. The normalized spacial score (nSPS) is 20.5. The topological polar surface area (TPSA) is 107 Å². The van der Waals surface area contributed by atoms with E-state index in [1.165, 1.54) is 6.07 Å². The first-order valence-electron chi connectivity index (χ1n) is 11.4. The number of aliphatic hydroxyl groups is 1. The molecule has 0 radical (unpaired) electrons. The molecular weight excluding hydrogens is 454 g/mol. The Morgan fingerprint density at radius 3 is 2.56 bits per heavy atom. The minimum absolute atomic E-state index is 0.0730. The molecule has 0 aliphatic carbocycles. The SMILES string of the molecule is Cc1cc(C)cc([C@@H](CN2CC[C@H](O)C2)N(C)C(=O)Cc2ccc3c(c2)NC(=O)CS3(=O)=O)c1. The van der Waals surface area contributed by atoms with E-state index >= 15 is 0 Å². The first kappa shape index (κ1) is 24.4. The van der Waals surface area contributed by atoms with Crippen LogP contribution in [0.2, 0.25) is 0 Å². The lowest BCUT2D eigenvalue weighted by atomic mass is 9.99. The van der Waals surface area contributed by atoms with Gasteiger partial charge in [0, 0.05) is 26.7 Å². The molecule has 0 bridgehead atoms. The summed E-state index contributed by atoms with van der Waals surface area (Å²) in [6.45, 7) is 6.04. The molecule has 0 spiro atoms. The van der Waals surface area contributed by atoms with Gasteiger partial charge in [-0.1, -0.05) is 35.4 Å². The number of aryl methyl sites for hydroxylation is 2. The largest absolute Gasteiger partial charge is 0.392 e. The van der Waals surface area contributed by atoms with Gasteiger partial charge in [0.05, 0.1) is 29.1 Å². The van der Waals surface area contributed by atoms with E-state index in [0.29, 0.717) is 18.7 Å². The van der Waals surface area contributed by atoms with Gasteiger partial charge in [0.2, 0.25) is 11.8 Å². The number of likely N-dealkylation sites (tertiary alicyclic amines) is 1. The molecule has 34 heavy (non-hydrogen) atoms. The van der Waals surface area contributed by atoms with Crippen LogP contribution in [0.3, 0.4) is 0 Å². The zero-order valence-electron chi connectivity index (χ0n) is 19.7. The van der Waals surface area contributed by atoms with Gasteiger partial charge in [0.15, 0.2) is 9.84 Å². The third-order valence-corrected chi connectivity index (χ3v) is 8.17. The van der Waals surface area contributed by atoms with E-state index in [0.717, 1.165) is 29.7 Å². The molecule has 8 nitrogen and oxygen atoms in total. The maximum absolute atomic E-state index is 13.3. The van der Waals surface area contributed by atoms with Crippen LogP contribution in [0.5, 0.6) is 0 Å². The van der Waals surface area contributed by atoms with E-state index in [4.69, 9.17) is 0 Å². The van der Waals surface area contributed by atoms with E-state index in [2.05, 4.69) is 28.4 Å². The van der Waals surface area contributed by atoms with Crippen LogP contribution in [0, 0.1) is 13.8 Å². The highest BCUT2D eigenvalue weighted by molar-refractivity contribution is 7.92. The Labute approximate surface area is 200 Å². The fraction of sp³-hybridized carbons (Fsp3) is 0.440. The Balaban J connectivity index is 1.57. The quantitative estimate of drug-likeness (QED) is 0.647. The minimum Gasteiger partial charge on any atom is -0.392 e. The van der Waals surface area contributed by atoms with E-state index in [-0.39, 0.29) is 35.1 Å². The van der Waals surface area contributed by atoms with Crippen LogP contribution in [0.4, 0.5) is 5.69 Å². The highest BCUT2D eigenvalue weighted by Crippen LogP contribution is 2.29. The molecule has 2 atom stereocenters. The molecule has 0 saturated carbocycles. The number of carbonyl (C=O) groups excluding carboxylic acids is 2. The van der Waals surface area contributed by atoms with E-state index in [9.17, 15) is 23.1 Å². The lowest BCUT2D eigenvalue weighted by Gasteiger charge is -2.32. The summed E-state index contributed by atoms with van der Waals surface area (Å²) in [6.07, 6.45) is 0.452. The van der Waals surface area contributed by atoms with Crippen molar-refractivity contribution in [3.63, 3.8) is 0 Å². The Kier molecular flexibility index (Phi) is 6.80. The second-order valence-corrected chi connectivity index (χ2v) is 11.4. The van der Waals surface area contributed by atoms with Gasteiger partial charge in [-0.15, -0.1) is 0 Å². The van der Waals surface area contributed by atoms with Gasteiger partial charge < -0.3 is 15.3 Å². The molecule has 0 unspecified atom stereocenters. The summed E-state index contributed by atoms with van der Waals surface area (Å²) in [7, 11) is -1.88. The van der Waals surface area contributed by atoms with Crippen molar-refractivity contribution >= 4 is 27.3 Å². The molecule has 4 rings (SSSR count). The number of fused-ring (bicyclic) bond motifs is 1. The van der Waals surface area contributed by atoms with E-state index in [1.807, 2.05) is 13.8 Å². The van der Waals surface area contributed by atoms with Gasteiger partial charge in [-0.2, -0.15) is 0 Å². The fourth-order valence-corrected chi connectivity index (χ4v) is 6.14. The predicted octanol–water partition coefficient (Wildman–Crippen LogP) is 1.84. The molecule has 2 N–H and O–H groups in total. The number of β-amino-alcohol motifs (C(OH)–C–C–N with tert-alkyl or cyclic N) is 1. The number of rotatable bonds is 6. The number of carbonyl (C=O) groups is 2. The van der Waals surface area contributed by atoms with Crippen molar-refractivity contribution in [1.82, 2.24) is 9.80 Å². The summed E-state index contributed by atoms with van der Waals surface area (Å²) in [6, 6.07) is 10.7. The average molecular weight is 486 g/mol. The van der Waals surface area contributed by atoms with Crippen molar-refractivity contribution in [3.8, 4) is 0 Å². The Bertz CT molecular complexity index is 1210. The molecule has 2 aromatic rings. The van der Waals surface area contributed by atoms with Crippen molar-refractivity contribution in [2.24, 2.45) is 0 Å². The average Bonchev–Trinajstić information content (AvgIpc) is 3.14. The predicted molar refractivity (Wildman–Crippen MR) is 129 cm³/mol. The van der Waals surface area contributed by atoms with E-state index < -0.39 is 21.5 Å². The van der Waals surface area contributed by atoms with Gasteiger partial charge in [0.25, 0.3) is 0 Å². The molecule has 1 fully saturated rings. The number of sulfone groups is 1. The van der Waals surface area contributed by atoms with Crippen LogP contribution in [0.1, 0.15) is 34.7 Å². The van der Waals surface area contributed by atoms with Crippen molar-refractivity contribution in [3.05, 3.63) is 58.7 Å². The first-order chi connectivity index (χ1) is 16.0. The van der Waals surface area contributed by atoms with Gasteiger partial charge in [0.1, 0.15) is 5.75 Å². The van der Waals surface area contributed by atoms with Crippen molar-refractivity contribution in [2.45, 2.75) is 43.7 Å². The number of nitrogens with one attached hydrogen (secondary N) is 1. The highest BCUT2D eigenvalue weighted by atomic mass is 32.2. The zero-order valence-corrected chi connectivity index (χ0v) is 20.6. The second kappa shape index (κ2) is 9.48. The van der Waals surface area contributed by atoms with Crippen LogP contribution >= 0.6 is 0 Å². The fourth-order valence-electron chi connectivity index (χ4n) is 4.84. The molecule has 2 heterocycles. The third kappa shape index (κ3) is 5.32. The van der Waals surface area contributed by atoms with Crippen LogP contribution in [-0.2, 0) is 25.8 Å². The standard InChI is InChI=1S/C25H31N3O5S/c1-16-8-17(2)10-19(9-16)22(14-28-7-6-20(29)13-28)27(3)25(31)12-18-4-5-23-21(11-18)26-24(30)15-34(23,32)33/h4-5,8-11,20,22,29H,6-7,12-15H2,1-3H3,(H,26,30)/t20-,22+/m0/s1. The minimum atomic E-state index is -3.66.